The predicted molar refractivity (Wildman–Crippen MR) is 23.6 cm³/mol. The van der Waals surface area contributed by atoms with E-state index in [-0.39, 0.29) is 0 Å². The Hall–Kier alpha value is 0.478. The fourth-order valence-corrected chi connectivity index (χ4v) is 0.968. The van der Waals surface area contributed by atoms with E-state index < -0.39 is 0 Å². The molecular weight excluding hydrogens is 262 g/mol. The quantitative estimate of drug-likeness (QED) is 0.648. The Bertz CT molecular complexity index is 75.8. The van der Waals surface area contributed by atoms with Crippen molar-refractivity contribution in [3.63, 3.8) is 0 Å². The van der Waals surface area contributed by atoms with E-state index in [1.165, 1.54) is 4.02 Å². The molecule has 1 heterocycles. The van der Waals surface area contributed by atoms with Crippen LogP contribution in [-0.4, -0.2) is 17.4 Å². The number of hydrogen-bond donors (Lipinski definition) is 1. The molecule has 0 aromatic rings. The minimum absolute atomic E-state index is 0.721. The van der Waals surface area contributed by atoms with Gasteiger partial charge in [-0.05, 0) is 0 Å². The van der Waals surface area contributed by atoms with Gasteiger partial charge in [-0.3, -0.25) is 0 Å². The first-order chi connectivity index (χ1) is 3.39. The molecule has 7 heavy (non-hydrogen) atoms. The van der Waals surface area contributed by atoms with Crippen LogP contribution in [0.1, 0.15) is 6.42 Å². The van der Waals surface area contributed by atoms with Gasteiger partial charge in [0.2, 0.25) is 0 Å². The van der Waals surface area contributed by atoms with Crippen LogP contribution in [0.2, 0.25) is 0 Å². The molecule has 0 spiro atoms. The summed E-state index contributed by atoms with van der Waals surface area (Å²) in [5.74, 6) is 0. The number of ether oxygens (including phenoxy) is 1. The summed E-state index contributed by atoms with van der Waals surface area (Å²) in [6.45, 7) is 1.63. The molecule has 0 saturated carbocycles. The molecule has 0 atom stereocenters. The van der Waals surface area contributed by atoms with Gasteiger partial charge >= 0.3 is 53.2 Å². The zero-order chi connectivity index (χ0) is 5.11. The predicted octanol–water partition coefficient (Wildman–Crippen LogP) is -0.369. The van der Waals surface area contributed by atoms with E-state index in [9.17, 15) is 0 Å². The molecule has 1 aliphatic rings. The summed E-state index contributed by atoms with van der Waals surface area (Å²) in [6.07, 6.45) is 1.11. The Morgan fingerprint density at radius 2 is 2.57 bits per heavy atom. The maximum absolute atomic E-state index is 5.02. The Balaban J connectivity index is 2.25. The zero-order valence-electron chi connectivity index (χ0n) is 3.94. The molecule has 0 aliphatic carbocycles. The summed E-state index contributed by atoms with van der Waals surface area (Å²) in [7, 11) is 0. The van der Waals surface area contributed by atoms with Crippen LogP contribution in [0.15, 0.2) is 0 Å². The van der Waals surface area contributed by atoms with E-state index in [1.54, 1.807) is 19.4 Å². The van der Waals surface area contributed by atoms with Gasteiger partial charge in [-0.2, -0.15) is 0 Å². The van der Waals surface area contributed by atoms with Crippen LogP contribution < -0.4 is 5.32 Å². The van der Waals surface area contributed by atoms with Crippen LogP contribution in [0.25, 0.3) is 0 Å². The molecule has 0 bridgehead atoms. The van der Waals surface area contributed by atoms with Crippen molar-refractivity contribution in [2.75, 3.05) is 13.3 Å². The topological polar surface area (TPSA) is 21.3 Å². The Labute approximate surface area is 53.6 Å². The van der Waals surface area contributed by atoms with Crippen molar-refractivity contribution in [1.29, 1.82) is 0 Å². The fourth-order valence-electron chi connectivity index (χ4n) is 0.457. The fraction of sp³-hybridized carbons (Fsp3) is 0.750. The van der Waals surface area contributed by atoms with E-state index in [0.29, 0.717) is 0 Å². The number of rotatable bonds is 0. The second-order valence-electron chi connectivity index (χ2n) is 1.40. The van der Waals surface area contributed by atoms with E-state index >= 15 is 0 Å². The molecular formula is C4H7NOW. The first-order valence-corrected chi connectivity index (χ1v) is 3.71. The van der Waals surface area contributed by atoms with Crippen molar-refractivity contribution in [3.8, 4) is 0 Å². The van der Waals surface area contributed by atoms with Crippen molar-refractivity contribution in [3.05, 3.63) is 0 Å². The monoisotopic (exact) mass is 269 g/mol. The van der Waals surface area contributed by atoms with Gasteiger partial charge in [0, 0.05) is 0 Å². The van der Waals surface area contributed by atoms with Crippen molar-refractivity contribution in [2.45, 2.75) is 6.42 Å². The van der Waals surface area contributed by atoms with Crippen LogP contribution in [0.4, 0.5) is 0 Å². The summed E-state index contributed by atoms with van der Waals surface area (Å²) < 4.78 is 6.44. The van der Waals surface area contributed by atoms with Crippen LogP contribution in [-0.2, 0) is 24.1 Å². The molecule has 1 saturated heterocycles. The van der Waals surface area contributed by atoms with Crippen molar-refractivity contribution in [2.24, 2.45) is 0 Å². The van der Waals surface area contributed by atoms with Crippen LogP contribution in [0.5, 0.6) is 0 Å². The molecule has 1 N–H and O–H groups in total. The Morgan fingerprint density at radius 3 is 2.86 bits per heavy atom. The van der Waals surface area contributed by atoms with E-state index in [0.717, 1.165) is 19.8 Å². The van der Waals surface area contributed by atoms with Gasteiger partial charge < -0.3 is 0 Å². The molecule has 3 heteroatoms. The van der Waals surface area contributed by atoms with Gasteiger partial charge in [-0.25, -0.2) is 0 Å². The third-order valence-corrected chi connectivity index (χ3v) is 2.10. The maximum atomic E-state index is 5.02. The molecule has 0 amide bonds. The number of hydrogen-bond acceptors (Lipinski definition) is 2. The summed E-state index contributed by atoms with van der Waals surface area (Å²) in [6, 6.07) is 0. The van der Waals surface area contributed by atoms with Gasteiger partial charge in [-0.1, -0.05) is 0 Å². The van der Waals surface area contributed by atoms with Gasteiger partial charge in [0.05, 0.1) is 0 Å². The van der Waals surface area contributed by atoms with Gasteiger partial charge in [0.1, 0.15) is 0 Å². The molecule has 0 aromatic carbocycles. The van der Waals surface area contributed by atoms with Crippen molar-refractivity contribution in [1.82, 2.24) is 5.32 Å². The second-order valence-corrected chi connectivity index (χ2v) is 3.17. The van der Waals surface area contributed by atoms with Gasteiger partial charge in [0.25, 0.3) is 0 Å². The molecule has 1 aliphatic heterocycles. The standard InChI is InChI=1S/C4H7NO.W/c1-2-5-4-6-3-1;/h5H,1,3-4H2;. The average Bonchev–Trinajstić information content (AvgIpc) is 1.69. The van der Waals surface area contributed by atoms with Crippen LogP contribution >= 0.6 is 0 Å². The first-order valence-electron chi connectivity index (χ1n) is 2.24. The summed E-state index contributed by atoms with van der Waals surface area (Å²) in [5.41, 5.74) is 0. The normalized spacial score (nSPS) is 22.6. The second kappa shape index (κ2) is 2.70. The minimum atomic E-state index is 0.721. The summed E-state index contributed by atoms with van der Waals surface area (Å²) in [5, 5.41) is 3.11. The Kier molecular flexibility index (Phi) is 2.17. The molecule has 1 rings (SSSR count). The summed E-state index contributed by atoms with van der Waals surface area (Å²) in [4.78, 5) is 0. The SMILES string of the molecule is [W]=[C]1CCOCN1. The van der Waals surface area contributed by atoms with E-state index in [4.69, 9.17) is 4.74 Å². The van der Waals surface area contributed by atoms with Gasteiger partial charge in [0.15, 0.2) is 0 Å². The first kappa shape index (κ1) is 5.61. The van der Waals surface area contributed by atoms with Gasteiger partial charge in [-0.15, -0.1) is 0 Å². The van der Waals surface area contributed by atoms with Crippen LogP contribution in [0.3, 0.4) is 0 Å². The molecule has 0 aromatic heterocycles. The Morgan fingerprint density at radius 1 is 1.71 bits per heavy atom. The molecule has 0 radical (unpaired) electrons. The molecule has 2 nitrogen and oxygen atoms in total. The van der Waals surface area contributed by atoms with Crippen LogP contribution in [0, 0.1) is 0 Å². The third kappa shape index (κ3) is 1.81. The van der Waals surface area contributed by atoms with Crippen molar-refractivity contribution >= 4 is 4.02 Å². The molecule has 1 fully saturated rings. The average molecular weight is 269 g/mol. The molecule has 0 unspecified atom stereocenters. The molecule has 40 valence electrons. The van der Waals surface area contributed by atoms with E-state index in [2.05, 4.69) is 5.32 Å². The third-order valence-electron chi connectivity index (χ3n) is 0.845. The zero-order valence-corrected chi connectivity index (χ0v) is 6.87. The summed E-state index contributed by atoms with van der Waals surface area (Å²) >= 11 is 1.54. The number of nitrogens with one attached hydrogen (secondary N) is 1. The van der Waals surface area contributed by atoms with E-state index in [1.807, 2.05) is 0 Å². The van der Waals surface area contributed by atoms with Crippen molar-refractivity contribution < 1.29 is 24.1 Å².